The van der Waals surface area contributed by atoms with Crippen LogP contribution in [0.5, 0.6) is 0 Å². The summed E-state index contributed by atoms with van der Waals surface area (Å²) < 4.78 is 1.13. The summed E-state index contributed by atoms with van der Waals surface area (Å²) in [4.78, 5) is 1.32. The van der Waals surface area contributed by atoms with Gasteiger partial charge in [-0.3, -0.25) is 0 Å². The Balaban J connectivity index is 3.07. The molecule has 0 aliphatic carbocycles. The molecule has 72 valence electrons. The molecule has 0 amide bonds. The smallest absolute Gasteiger partial charge is 0.0178 e. The number of thioether (sulfide) groups is 1. The zero-order valence-corrected chi connectivity index (χ0v) is 10.3. The van der Waals surface area contributed by atoms with Crippen LogP contribution >= 0.6 is 27.7 Å². The Morgan fingerprint density at radius 1 is 1.54 bits per heavy atom. The monoisotopic (exact) mass is 259 g/mol. The molecule has 3 heteroatoms. The summed E-state index contributed by atoms with van der Waals surface area (Å²) in [6, 6.07) is 6.36. The van der Waals surface area contributed by atoms with E-state index in [9.17, 15) is 0 Å². The van der Waals surface area contributed by atoms with Gasteiger partial charge < -0.3 is 5.73 Å². The molecule has 2 N–H and O–H groups in total. The first kappa shape index (κ1) is 11.1. The molecular formula is C10H14BrNS. The molecule has 0 radical (unpaired) electrons. The predicted molar refractivity (Wildman–Crippen MR) is 63.4 cm³/mol. The van der Waals surface area contributed by atoms with Gasteiger partial charge in [-0.15, -0.1) is 11.8 Å². The molecule has 0 bridgehead atoms. The molecule has 1 atom stereocenters. The average molecular weight is 260 g/mol. The van der Waals surface area contributed by atoms with E-state index in [4.69, 9.17) is 5.73 Å². The second kappa shape index (κ2) is 5.03. The quantitative estimate of drug-likeness (QED) is 0.844. The molecule has 1 aromatic carbocycles. The second-order valence-electron chi connectivity index (χ2n) is 3.02. The number of hydrogen-bond acceptors (Lipinski definition) is 2. The second-order valence-corrected chi connectivity index (χ2v) is 4.79. The Morgan fingerprint density at radius 3 is 2.77 bits per heavy atom. The Kier molecular flexibility index (Phi) is 4.29. The van der Waals surface area contributed by atoms with Gasteiger partial charge in [0.25, 0.3) is 0 Å². The van der Waals surface area contributed by atoms with Gasteiger partial charge in [0.2, 0.25) is 0 Å². The van der Waals surface area contributed by atoms with Gasteiger partial charge in [-0.25, -0.2) is 0 Å². The molecule has 1 aromatic rings. The van der Waals surface area contributed by atoms with Crippen LogP contribution in [0.2, 0.25) is 0 Å². The van der Waals surface area contributed by atoms with E-state index in [2.05, 4.69) is 47.3 Å². The van der Waals surface area contributed by atoms with Crippen LogP contribution in [-0.2, 0) is 0 Å². The van der Waals surface area contributed by atoms with E-state index in [-0.39, 0.29) is 0 Å². The number of rotatable bonds is 3. The lowest BCUT2D eigenvalue weighted by Crippen LogP contribution is -2.09. The van der Waals surface area contributed by atoms with E-state index in [0.29, 0.717) is 12.5 Å². The maximum atomic E-state index is 5.65. The normalized spacial score (nSPS) is 12.9. The van der Waals surface area contributed by atoms with Crippen molar-refractivity contribution in [2.45, 2.75) is 17.7 Å². The maximum Gasteiger partial charge on any atom is 0.0178 e. The molecule has 1 rings (SSSR count). The van der Waals surface area contributed by atoms with Crippen molar-refractivity contribution in [3.63, 3.8) is 0 Å². The van der Waals surface area contributed by atoms with Crippen molar-refractivity contribution < 1.29 is 0 Å². The fourth-order valence-electron chi connectivity index (χ4n) is 1.22. The van der Waals surface area contributed by atoms with Gasteiger partial charge >= 0.3 is 0 Å². The van der Waals surface area contributed by atoms with Crippen LogP contribution < -0.4 is 5.73 Å². The number of benzene rings is 1. The van der Waals surface area contributed by atoms with E-state index in [1.807, 2.05) is 0 Å². The summed E-state index contributed by atoms with van der Waals surface area (Å²) in [5.41, 5.74) is 6.99. The topological polar surface area (TPSA) is 26.0 Å². The lowest BCUT2D eigenvalue weighted by molar-refractivity contribution is 0.757. The SMILES string of the molecule is CSc1ccc(Br)cc1C(C)CN. The summed E-state index contributed by atoms with van der Waals surface area (Å²) in [5.74, 6) is 0.431. The third-order valence-corrected chi connectivity index (χ3v) is 3.38. The molecule has 0 aromatic heterocycles. The minimum atomic E-state index is 0.431. The van der Waals surface area contributed by atoms with Crippen LogP contribution in [0.3, 0.4) is 0 Å². The Morgan fingerprint density at radius 2 is 2.23 bits per heavy atom. The summed E-state index contributed by atoms with van der Waals surface area (Å²) in [6.45, 7) is 2.85. The standard InChI is InChI=1S/C10H14BrNS/c1-7(6-12)9-5-8(11)3-4-10(9)13-2/h3-5,7H,6,12H2,1-2H3. The molecule has 0 aliphatic heterocycles. The van der Waals surface area contributed by atoms with Crippen molar-refractivity contribution in [1.82, 2.24) is 0 Å². The predicted octanol–water partition coefficient (Wildman–Crippen LogP) is 3.23. The van der Waals surface area contributed by atoms with Crippen molar-refractivity contribution in [2.75, 3.05) is 12.8 Å². The van der Waals surface area contributed by atoms with Crippen LogP contribution in [0.15, 0.2) is 27.6 Å². The molecule has 0 fully saturated rings. The molecule has 0 heterocycles. The fraction of sp³-hybridized carbons (Fsp3) is 0.400. The van der Waals surface area contributed by atoms with Gasteiger partial charge in [0.15, 0.2) is 0 Å². The van der Waals surface area contributed by atoms with Crippen molar-refractivity contribution in [2.24, 2.45) is 5.73 Å². The lowest BCUT2D eigenvalue weighted by Gasteiger charge is -2.13. The molecule has 0 aliphatic rings. The van der Waals surface area contributed by atoms with Gasteiger partial charge in [-0.2, -0.15) is 0 Å². The van der Waals surface area contributed by atoms with Gasteiger partial charge in [0.05, 0.1) is 0 Å². The minimum Gasteiger partial charge on any atom is -0.330 e. The fourth-order valence-corrected chi connectivity index (χ4v) is 2.30. The molecule has 13 heavy (non-hydrogen) atoms. The van der Waals surface area contributed by atoms with Crippen LogP contribution in [-0.4, -0.2) is 12.8 Å². The van der Waals surface area contributed by atoms with E-state index < -0.39 is 0 Å². The summed E-state index contributed by atoms with van der Waals surface area (Å²) >= 11 is 5.24. The van der Waals surface area contributed by atoms with E-state index >= 15 is 0 Å². The van der Waals surface area contributed by atoms with Crippen LogP contribution in [0, 0.1) is 0 Å². The van der Waals surface area contributed by atoms with Gasteiger partial charge in [-0.1, -0.05) is 22.9 Å². The van der Waals surface area contributed by atoms with Crippen molar-refractivity contribution in [3.05, 3.63) is 28.2 Å². The largest absolute Gasteiger partial charge is 0.330 e. The minimum absolute atomic E-state index is 0.431. The number of hydrogen-bond donors (Lipinski definition) is 1. The van der Waals surface area contributed by atoms with Crippen molar-refractivity contribution in [3.8, 4) is 0 Å². The first-order chi connectivity index (χ1) is 6.19. The number of nitrogens with two attached hydrogens (primary N) is 1. The average Bonchev–Trinajstić information content (AvgIpc) is 2.16. The number of halogens is 1. The van der Waals surface area contributed by atoms with E-state index in [1.165, 1.54) is 10.5 Å². The maximum absolute atomic E-state index is 5.65. The first-order valence-corrected chi connectivity index (χ1v) is 6.24. The highest BCUT2D eigenvalue weighted by molar-refractivity contribution is 9.10. The van der Waals surface area contributed by atoms with E-state index in [1.54, 1.807) is 11.8 Å². The van der Waals surface area contributed by atoms with Gasteiger partial charge in [0, 0.05) is 9.37 Å². The zero-order chi connectivity index (χ0) is 9.84. The van der Waals surface area contributed by atoms with Gasteiger partial charge in [0.1, 0.15) is 0 Å². The summed E-state index contributed by atoms with van der Waals surface area (Å²) in [7, 11) is 0. The highest BCUT2D eigenvalue weighted by Gasteiger charge is 2.08. The van der Waals surface area contributed by atoms with Crippen LogP contribution in [0.25, 0.3) is 0 Å². The van der Waals surface area contributed by atoms with Crippen LogP contribution in [0.4, 0.5) is 0 Å². The molecule has 0 spiro atoms. The lowest BCUT2D eigenvalue weighted by atomic mass is 10.0. The van der Waals surface area contributed by atoms with E-state index in [0.717, 1.165) is 4.47 Å². The highest BCUT2D eigenvalue weighted by atomic mass is 79.9. The third kappa shape index (κ3) is 2.73. The van der Waals surface area contributed by atoms with Crippen LogP contribution in [0.1, 0.15) is 18.4 Å². The molecule has 1 nitrogen and oxygen atoms in total. The highest BCUT2D eigenvalue weighted by Crippen LogP contribution is 2.29. The first-order valence-electron chi connectivity index (χ1n) is 4.22. The van der Waals surface area contributed by atoms with Crippen molar-refractivity contribution in [1.29, 1.82) is 0 Å². The van der Waals surface area contributed by atoms with Crippen molar-refractivity contribution >= 4 is 27.7 Å². The molecular weight excluding hydrogens is 246 g/mol. The molecule has 0 saturated heterocycles. The third-order valence-electron chi connectivity index (χ3n) is 2.08. The Labute approximate surface area is 92.2 Å². The Hall–Kier alpha value is 0.01000. The Bertz CT molecular complexity index is 288. The summed E-state index contributed by atoms with van der Waals surface area (Å²) in [6.07, 6.45) is 2.09. The zero-order valence-electron chi connectivity index (χ0n) is 7.88. The molecule has 0 saturated carbocycles. The van der Waals surface area contributed by atoms with Gasteiger partial charge in [-0.05, 0) is 42.5 Å². The summed E-state index contributed by atoms with van der Waals surface area (Å²) in [5, 5.41) is 0. The molecule has 1 unspecified atom stereocenters.